The Bertz CT molecular complexity index is 590. The predicted molar refractivity (Wildman–Crippen MR) is 170 cm³/mol. The summed E-state index contributed by atoms with van der Waals surface area (Å²) in [6, 6.07) is 0. The lowest BCUT2D eigenvalue weighted by molar-refractivity contribution is -0.700. The minimum Gasteiger partial charge on any atom is -0.235 e. The third kappa shape index (κ3) is 20.2. The molecule has 0 unspecified atom stereocenters. The number of rotatable bonds is 30. The average Bonchev–Trinajstić information content (AvgIpc) is 3.33. The number of hydrogen-bond donors (Lipinski definition) is 0. The van der Waals surface area contributed by atoms with Gasteiger partial charge in [0.15, 0.2) is 0 Å². The molecule has 224 valence electrons. The van der Waals surface area contributed by atoms with E-state index in [1.165, 1.54) is 186 Å². The molecule has 0 fully saturated rings. The van der Waals surface area contributed by atoms with Crippen molar-refractivity contribution in [3.8, 4) is 0 Å². The van der Waals surface area contributed by atoms with Crippen LogP contribution in [0.2, 0.25) is 0 Å². The molecule has 0 bridgehead atoms. The van der Waals surface area contributed by atoms with E-state index in [1.54, 1.807) is 5.82 Å². The highest BCUT2D eigenvalue weighted by Crippen LogP contribution is 2.15. The number of aromatic nitrogens is 2. The maximum Gasteiger partial charge on any atom is 0.256 e. The van der Waals surface area contributed by atoms with E-state index < -0.39 is 0 Å². The van der Waals surface area contributed by atoms with Gasteiger partial charge >= 0.3 is 0 Å². The zero-order valence-corrected chi connectivity index (χ0v) is 26.8. The van der Waals surface area contributed by atoms with E-state index in [-0.39, 0.29) is 0 Å². The molecule has 0 aliphatic carbocycles. The Morgan fingerprint density at radius 3 is 1.16 bits per heavy atom. The fourth-order valence-electron chi connectivity index (χ4n) is 6.05. The van der Waals surface area contributed by atoms with E-state index in [1.807, 2.05) is 0 Å². The molecule has 0 N–H and O–H groups in total. The van der Waals surface area contributed by atoms with Gasteiger partial charge in [0.2, 0.25) is 0 Å². The van der Waals surface area contributed by atoms with E-state index in [4.69, 9.17) is 0 Å². The monoisotopic (exact) mass is 532 g/mol. The number of aryl methyl sites for hydroxylation is 2. The summed E-state index contributed by atoms with van der Waals surface area (Å²) >= 11 is 0. The van der Waals surface area contributed by atoms with Crippen molar-refractivity contribution in [1.82, 2.24) is 4.57 Å². The van der Waals surface area contributed by atoms with Gasteiger partial charge < -0.3 is 0 Å². The average molecular weight is 532 g/mol. The van der Waals surface area contributed by atoms with Crippen molar-refractivity contribution in [1.29, 1.82) is 0 Å². The van der Waals surface area contributed by atoms with Crippen molar-refractivity contribution in [2.75, 3.05) is 0 Å². The maximum atomic E-state index is 2.57. The lowest BCUT2D eigenvalue weighted by Crippen LogP contribution is -2.36. The number of hydrogen-bond acceptors (Lipinski definition) is 0. The Hall–Kier alpha value is -0.790. The van der Waals surface area contributed by atoms with E-state index in [2.05, 4.69) is 42.3 Å². The van der Waals surface area contributed by atoms with Gasteiger partial charge in [0.1, 0.15) is 12.4 Å². The van der Waals surface area contributed by atoms with Gasteiger partial charge in [-0.25, -0.2) is 9.13 Å². The molecule has 0 aliphatic heterocycles. The summed E-state index contributed by atoms with van der Waals surface area (Å²) in [5.41, 5.74) is 0. The summed E-state index contributed by atoms with van der Waals surface area (Å²) in [4.78, 5) is 0. The Morgan fingerprint density at radius 1 is 0.447 bits per heavy atom. The van der Waals surface area contributed by atoms with Gasteiger partial charge in [0.05, 0.1) is 13.1 Å². The van der Waals surface area contributed by atoms with Crippen LogP contribution in [0.1, 0.15) is 200 Å². The van der Waals surface area contributed by atoms with Gasteiger partial charge in [0.25, 0.3) is 5.82 Å². The quantitative estimate of drug-likeness (QED) is 0.0689. The fraction of sp³-hybridized carbons (Fsp3) is 0.917. The summed E-state index contributed by atoms with van der Waals surface area (Å²) < 4.78 is 5.06. The van der Waals surface area contributed by atoms with Crippen LogP contribution in [0.15, 0.2) is 12.4 Å². The second-order valence-corrected chi connectivity index (χ2v) is 12.3. The molecule has 1 heterocycles. The topological polar surface area (TPSA) is 8.81 Å². The molecular formula is C36H71N2+. The largest absolute Gasteiger partial charge is 0.256 e. The van der Waals surface area contributed by atoms with E-state index in [9.17, 15) is 0 Å². The highest BCUT2D eigenvalue weighted by Gasteiger charge is 2.15. The molecule has 0 aromatic carbocycles. The Labute approximate surface area is 240 Å². The second kappa shape index (κ2) is 27.8. The SMILES string of the molecule is CCCCCCCCCCCCCCCCCc1n(CCCCCCCCCCCCCC)cc[n+]1CC. The van der Waals surface area contributed by atoms with E-state index >= 15 is 0 Å². The minimum atomic E-state index is 1.11. The molecule has 0 spiro atoms. The molecule has 2 heteroatoms. The molecule has 1 aromatic heterocycles. The molecule has 0 saturated heterocycles. The minimum absolute atomic E-state index is 1.11. The number of unbranched alkanes of at least 4 members (excludes halogenated alkanes) is 25. The zero-order valence-electron chi connectivity index (χ0n) is 26.8. The van der Waals surface area contributed by atoms with Gasteiger partial charge in [-0.05, 0) is 26.2 Å². The predicted octanol–water partition coefficient (Wildman–Crippen LogP) is 11.9. The van der Waals surface area contributed by atoms with Crippen molar-refractivity contribution in [2.45, 2.75) is 214 Å². The van der Waals surface area contributed by atoms with Crippen molar-refractivity contribution in [3.05, 3.63) is 18.2 Å². The summed E-state index contributed by atoms with van der Waals surface area (Å²) in [5.74, 6) is 1.57. The first-order valence-electron chi connectivity index (χ1n) is 17.9. The molecule has 0 aliphatic rings. The van der Waals surface area contributed by atoms with Crippen LogP contribution in [-0.4, -0.2) is 4.57 Å². The van der Waals surface area contributed by atoms with Crippen molar-refractivity contribution in [2.24, 2.45) is 0 Å². The molecular weight excluding hydrogens is 460 g/mol. The summed E-state index contributed by atoms with van der Waals surface area (Å²) in [7, 11) is 0. The lowest BCUT2D eigenvalue weighted by atomic mass is 10.0. The van der Waals surface area contributed by atoms with Crippen LogP contribution in [-0.2, 0) is 19.5 Å². The first-order chi connectivity index (χ1) is 18.8. The molecule has 0 radical (unpaired) electrons. The Kier molecular flexibility index (Phi) is 25.7. The van der Waals surface area contributed by atoms with Gasteiger partial charge in [-0.3, -0.25) is 0 Å². The first kappa shape index (κ1) is 35.2. The van der Waals surface area contributed by atoms with Crippen molar-refractivity contribution < 1.29 is 4.57 Å². The van der Waals surface area contributed by atoms with Crippen LogP contribution in [0.4, 0.5) is 0 Å². The van der Waals surface area contributed by atoms with Crippen molar-refractivity contribution >= 4 is 0 Å². The highest BCUT2D eigenvalue weighted by molar-refractivity contribution is 4.84. The van der Waals surface area contributed by atoms with E-state index in [0.29, 0.717) is 0 Å². The van der Waals surface area contributed by atoms with Crippen LogP contribution < -0.4 is 4.57 Å². The Morgan fingerprint density at radius 2 is 0.789 bits per heavy atom. The van der Waals surface area contributed by atoms with Gasteiger partial charge in [0, 0.05) is 6.42 Å². The van der Waals surface area contributed by atoms with Crippen molar-refractivity contribution in [3.63, 3.8) is 0 Å². The van der Waals surface area contributed by atoms with E-state index in [0.717, 1.165) is 6.54 Å². The van der Waals surface area contributed by atoms with Crippen LogP contribution in [0.25, 0.3) is 0 Å². The molecule has 2 nitrogen and oxygen atoms in total. The number of nitrogens with zero attached hydrogens (tertiary/aromatic N) is 2. The molecule has 0 atom stereocenters. The third-order valence-corrected chi connectivity index (χ3v) is 8.69. The molecule has 1 aromatic rings. The number of imidazole rings is 1. The summed E-state index contributed by atoms with van der Waals surface area (Å²) in [6.45, 7) is 9.24. The molecule has 0 amide bonds. The normalized spacial score (nSPS) is 11.6. The van der Waals surface area contributed by atoms with Gasteiger partial charge in [-0.2, -0.15) is 0 Å². The highest BCUT2D eigenvalue weighted by atomic mass is 15.1. The maximum absolute atomic E-state index is 2.57. The lowest BCUT2D eigenvalue weighted by Gasteiger charge is -2.06. The molecule has 0 saturated carbocycles. The molecule has 1 rings (SSSR count). The van der Waals surface area contributed by atoms with Crippen LogP contribution in [0.3, 0.4) is 0 Å². The Balaban J connectivity index is 1.99. The first-order valence-corrected chi connectivity index (χ1v) is 17.9. The third-order valence-electron chi connectivity index (χ3n) is 8.69. The zero-order chi connectivity index (χ0) is 27.4. The van der Waals surface area contributed by atoms with Crippen LogP contribution in [0.5, 0.6) is 0 Å². The van der Waals surface area contributed by atoms with Gasteiger partial charge in [-0.15, -0.1) is 0 Å². The second-order valence-electron chi connectivity index (χ2n) is 12.3. The summed E-state index contributed by atoms with van der Waals surface area (Å²) in [6.07, 6.45) is 44.8. The smallest absolute Gasteiger partial charge is 0.235 e. The standard InChI is InChI=1S/C36H71N2/c1-4-7-9-11-13-15-17-19-20-21-22-24-26-28-30-32-36-37(6-3)34-35-38(36)33-31-29-27-25-23-18-16-14-12-10-8-5-2/h34-35H,4-33H2,1-3H3/q+1. The summed E-state index contributed by atoms with van der Waals surface area (Å²) in [5, 5.41) is 0. The van der Waals surface area contributed by atoms with Crippen LogP contribution in [0, 0.1) is 0 Å². The fourth-order valence-corrected chi connectivity index (χ4v) is 6.05. The van der Waals surface area contributed by atoms with Crippen LogP contribution >= 0.6 is 0 Å². The molecule has 38 heavy (non-hydrogen) atoms. The van der Waals surface area contributed by atoms with Gasteiger partial charge in [-0.1, -0.05) is 168 Å².